The number of nitrogen functional groups attached to an aromatic ring is 1. The molecule has 2 rings (SSSR count). The Morgan fingerprint density at radius 2 is 2.29 bits per heavy atom. The molecule has 0 atom stereocenters. The molecule has 1 amide bonds. The minimum atomic E-state index is -0.0658. The van der Waals surface area contributed by atoms with Crippen LogP contribution in [0.2, 0.25) is 0 Å². The van der Waals surface area contributed by atoms with Crippen LogP contribution in [0.4, 0.5) is 5.13 Å². The first kappa shape index (κ1) is 9.39. The Labute approximate surface area is 85.9 Å². The van der Waals surface area contributed by atoms with Crippen LogP contribution in [0.15, 0.2) is 0 Å². The summed E-state index contributed by atoms with van der Waals surface area (Å²) in [5.74, 6) is -0.0658. The average molecular weight is 212 g/mol. The van der Waals surface area contributed by atoms with E-state index in [1.54, 1.807) is 4.90 Å². The molecule has 76 valence electrons. The lowest BCUT2D eigenvalue weighted by Crippen LogP contribution is -2.41. The number of hydrogen-bond acceptors (Lipinski definition) is 5. The molecule has 1 aromatic rings. The maximum absolute atomic E-state index is 11.8. The molecule has 6 heteroatoms. The third-order valence-electron chi connectivity index (χ3n) is 2.57. The van der Waals surface area contributed by atoms with Crippen LogP contribution in [0.25, 0.3) is 0 Å². The third-order valence-corrected chi connectivity index (χ3v) is 3.31. The summed E-state index contributed by atoms with van der Waals surface area (Å²) in [5.41, 5.74) is 5.41. The topological polar surface area (TPSA) is 72.1 Å². The van der Waals surface area contributed by atoms with Crippen LogP contribution in [0.5, 0.6) is 0 Å². The summed E-state index contributed by atoms with van der Waals surface area (Å²) in [6, 6.07) is 0.382. The van der Waals surface area contributed by atoms with E-state index in [-0.39, 0.29) is 5.91 Å². The van der Waals surface area contributed by atoms with E-state index in [0.29, 0.717) is 16.2 Å². The fourth-order valence-electron chi connectivity index (χ4n) is 1.41. The molecule has 5 nitrogen and oxygen atoms in total. The highest BCUT2D eigenvalue weighted by Crippen LogP contribution is 2.25. The van der Waals surface area contributed by atoms with Crippen LogP contribution < -0.4 is 5.73 Å². The first-order chi connectivity index (χ1) is 6.68. The molecule has 0 aliphatic heterocycles. The van der Waals surface area contributed by atoms with Gasteiger partial charge in [-0.05, 0) is 19.3 Å². The monoisotopic (exact) mass is 212 g/mol. The highest BCUT2D eigenvalue weighted by Gasteiger charge is 2.27. The average Bonchev–Trinajstić information content (AvgIpc) is 2.47. The van der Waals surface area contributed by atoms with Gasteiger partial charge in [-0.2, -0.15) is 0 Å². The minimum absolute atomic E-state index is 0.0658. The van der Waals surface area contributed by atoms with Crippen molar-refractivity contribution >= 4 is 22.4 Å². The molecule has 2 N–H and O–H groups in total. The normalized spacial score (nSPS) is 16.4. The van der Waals surface area contributed by atoms with Crippen LogP contribution in [0, 0.1) is 0 Å². The number of nitrogens with two attached hydrogens (primary N) is 1. The van der Waals surface area contributed by atoms with Crippen molar-refractivity contribution in [3.8, 4) is 0 Å². The molecule has 1 heterocycles. The van der Waals surface area contributed by atoms with Gasteiger partial charge in [0.25, 0.3) is 5.91 Å². The van der Waals surface area contributed by atoms with Crippen LogP contribution in [0.1, 0.15) is 29.1 Å². The molecule has 0 radical (unpaired) electrons. The van der Waals surface area contributed by atoms with Crippen molar-refractivity contribution in [2.45, 2.75) is 25.3 Å². The molecule has 0 bridgehead atoms. The van der Waals surface area contributed by atoms with Crippen molar-refractivity contribution in [2.24, 2.45) is 0 Å². The van der Waals surface area contributed by atoms with Gasteiger partial charge in [-0.1, -0.05) is 11.3 Å². The fraction of sp³-hybridized carbons (Fsp3) is 0.625. The molecule has 1 saturated carbocycles. The summed E-state index contributed by atoms with van der Waals surface area (Å²) in [4.78, 5) is 13.5. The van der Waals surface area contributed by atoms with E-state index in [4.69, 9.17) is 5.73 Å². The van der Waals surface area contributed by atoms with E-state index in [0.717, 1.165) is 24.2 Å². The fourth-order valence-corrected chi connectivity index (χ4v) is 2.00. The van der Waals surface area contributed by atoms with E-state index in [2.05, 4.69) is 10.2 Å². The molecule has 1 fully saturated rings. The Bertz CT molecular complexity index is 347. The number of rotatable bonds is 2. The molecule has 14 heavy (non-hydrogen) atoms. The number of carbonyl (C=O) groups excluding carboxylic acids is 1. The predicted octanol–water partition coefficient (Wildman–Crippen LogP) is 0.745. The third kappa shape index (κ3) is 1.57. The van der Waals surface area contributed by atoms with Crippen molar-refractivity contribution < 1.29 is 4.79 Å². The Morgan fingerprint density at radius 1 is 1.57 bits per heavy atom. The summed E-state index contributed by atoms with van der Waals surface area (Å²) in [7, 11) is 1.81. The Balaban J connectivity index is 2.07. The maximum atomic E-state index is 11.8. The summed E-state index contributed by atoms with van der Waals surface area (Å²) in [6.45, 7) is 0. The lowest BCUT2D eigenvalue weighted by atomic mass is 9.92. The Hall–Kier alpha value is -1.17. The summed E-state index contributed by atoms with van der Waals surface area (Å²) in [5, 5.41) is 8.08. The predicted molar refractivity (Wildman–Crippen MR) is 54.1 cm³/mol. The van der Waals surface area contributed by atoms with Gasteiger partial charge < -0.3 is 10.6 Å². The minimum Gasteiger partial charge on any atom is -0.374 e. The molecule has 1 aliphatic rings. The van der Waals surface area contributed by atoms with Crippen molar-refractivity contribution in [3.63, 3.8) is 0 Å². The van der Waals surface area contributed by atoms with Gasteiger partial charge in [0.2, 0.25) is 10.1 Å². The van der Waals surface area contributed by atoms with Crippen molar-refractivity contribution in [3.05, 3.63) is 5.01 Å². The van der Waals surface area contributed by atoms with Crippen LogP contribution in [-0.2, 0) is 0 Å². The van der Waals surface area contributed by atoms with Gasteiger partial charge in [-0.3, -0.25) is 4.79 Å². The van der Waals surface area contributed by atoms with Crippen LogP contribution in [0.3, 0.4) is 0 Å². The summed E-state index contributed by atoms with van der Waals surface area (Å²) >= 11 is 1.14. The van der Waals surface area contributed by atoms with Gasteiger partial charge in [0.1, 0.15) is 0 Å². The molecular formula is C8H12N4OS. The van der Waals surface area contributed by atoms with Crippen molar-refractivity contribution in [1.29, 1.82) is 0 Å². The van der Waals surface area contributed by atoms with Crippen LogP contribution >= 0.6 is 11.3 Å². The highest BCUT2D eigenvalue weighted by molar-refractivity contribution is 7.16. The van der Waals surface area contributed by atoms with Gasteiger partial charge in [0.05, 0.1) is 0 Å². The van der Waals surface area contributed by atoms with E-state index >= 15 is 0 Å². The molecule has 1 aliphatic carbocycles. The molecule has 0 spiro atoms. The van der Waals surface area contributed by atoms with Crippen molar-refractivity contribution in [2.75, 3.05) is 12.8 Å². The Morgan fingerprint density at radius 3 is 2.71 bits per heavy atom. The molecule has 0 unspecified atom stereocenters. The smallest absolute Gasteiger partial charge is 0.284 e. The molecule has 1 aromatic heterocycles. The number of aromatic nitrogens is 2. The van der Waals surface area contributed by atoms with Crippen molar-refractivity contribution in [1.82, 2.24) is 15.1 Å². The number of anilines is 1. The second kappa shape index (κ2) is 3.53. The van der Waals surface area contributed by atoms with Gasteiger partial charge in [0.15, 0.2) is 0 Å². The lowest BCUT2D eigenvalue weighted by molar-refractivity contribution is 0.0651. The lowest BCUT2D eigenvalue weighted by Gasteiger charge is -2.34. The van der Waals surface area contributed by atoms with Crippen LogP contribution in [-0.4, -0.2) is 34.1 Å². The zero-order valence-electron chi connectivity index (χ0n) is 7.93. The highest BCUT2D eigenvalue weighted by atomic mass is 32.1. The van der Waals surface area contributed by atoms with Gasteiger partial charge in [-0.25, -0.2) is 0 Å². The molecule has 0 saturated heterocycles. The number of hydrogen-bond donors (Lipinski definition) is 1. The second-order valence-electron chi connectivity index (χ2n) is 3.45. The molecule has 0 aromatic carbocycles. The number of carbonyl (C=O) groups is 1. The zero-order valence-corrected chi connectivity index (χ0v) is 8.75. The van der Waals surface area contributed by atoms with Gasteiger partial charge >= 0.3 is 0 Å². The molecular weight excluding hydrogens is 200 g/mol. The summed E-state index contributed by atoms with van der Waals surface area (Å²) in [6.07, 6.45) is 3.40. The first-order valence-electron chi connectivity index (χ1n) is 4.54. The van der Waals surface area contributed by atoms with E-state index in [1.165, 1.54) is 6.42 Å². The quantitative estimate of drug-likeness (QED) is 0.785. The van der Waals surface area contributed by atoms with E-state index in [1.807, 2.05) is 7.05 Å². The zero-order chi connectivity index (χ0) is 10.1. The summed E-state index contributed by atoms with van der Waals surface area (Å²) < 4.78 is 0. The Kier molecular flexibility index (Phi) is 2.37. The maximum Gasteiger partial charge on any atom is 0.284 e. The largest absolute Gasteiger partial charge is 0.374 e. The van der Waals surface area contributed by atoms with Gasteiger partial charge in [0, 0.05) is 13.1 Å². The second-order valence-corrected chi connectivity index (χ2v) is 4.46. The van der Waals surface area contributed by atoms with E-state index in [9.17, 15) is 4.79 Å². The van der Waals surface area contributed by atoms with E-state index < -0.39 is 0 Å². The van der Waals surface area contributed by atoms with Gasteiger partial charge in [-0.15, -0.1) is 10.2 Å². The standard InChI is InChI=1S/C8H12N4OS/c1-12(5-3-2-4-5)7(13)6-10-11-8(9)14-6/h5H,2-4H2,1H3,(H2,9,11). The SMILES string of the molecule is CN(C(=O)c1nnc(N)s1)C1CCC1. The number of amides is 1. The number of nitrogens with zero attached hydrogens (tertiary/aromatic N) is 3. The first-order valence-corrected chi connectivity index (χ1v) is 5.36.